The average Bonchev–Trinajstić information content (AvgIpc) is 2.54. The Morgan fingerprint density at radius 3 is 3.07 bits per heavy atom. The van der Waals surface area contributed by atoms with Crippen molar-refractivity contribution < 1.29 is 9.12 Å². The molecule has 1 aromatic heterocycles. The van der Waals surface area contributed by atoms with Crippen LogP contribution in [0.4, 0.5) is 4.39 Å². The van der Waals surface area contributed by atoms with E-state index in [1.54, 1.807) is 6.07 Å². The molecule has 15 heavy (non-hydrogen) atoms. The highest BCUT2D eigenvalue weighted by Crippen LogP contribution is 2.21. The van der Waals surface area contributed by atoms with Gasteiger partial charge in [0.25, 0.3) is 5.82 Å². The van der Waals surface area contributed by atoms with Gasteiger partial charge in [-0.1, -0.05) is 0 Å². The van der Waals surface area contributed by atoms with E-state index in [2.05, 4.69) is 0 Å². The number of aromatic nitrogens is 2. The molecule has 0 fully saturated rings. The van der Waals surface area contributed by atoms with Gasteiger partial charge in [0.2, 0.25) is 0 Å². The number of nitrogens with zero attached hydrogens (tertiary/aromatic N) is 2. The monoisotopic (exact) mass is 206 g/mol. The molecule has 1 aliphatic heterocycles. The van der Waals surface area contributed by atoms with Gasteiger partial charge in [-0.15, -0.1) is 0 Å². The molecule has 0 saturated heterocycles. The summed E-state index contributed by atoms with van der Waals surface area (Å²) >= 11 is 0. The number of imidazole rings is 1. The van der Waals surface area contributed by atoms with E-state index in [1.807, 2.05) is 4.57 Å². The Hall–Kier alpha value is -1.58. The first-order chi connectivity index (χ1) is 7.27. The van der Waals surface area contributed by atoms with Crippen molar-refractivity contribution in [3.05, 3.63) is 35.0 Å². The summed E-state index contributed by atoms with van der Waals surface area (Å²) in [6, 6.07) is 4.41. The molecule has 0 unspecified atom stereocenters. The maximum atomic E-state index is 13.0. The van der Waals surface area contributed by atoms with Crippen LogP contribution in [-0.4, -0.2) is 4.57 Å². The van der Waals surface area contributed by atoms with Crippen LogP contribution in [0.1, 0.15) is 18.7 Å². The van der Waals surface area contributed by atoms with Crippen LogP contribution < -0.4 is 4.73 Å². The van der Waals surface area contributed by atoms with Gasteiger partial charge in [0.1, 0.15) is 5.82 Å². The summed E-state index contributed by atoms with van der Waals surface area (Å²) < 4.78 is 15.9. The number of rotatable bonds is 0. The first kappa shape index (κ1) is 8.71. The van der Waals surface area contributed by atoms with E-state index in [9.17, 15) is 9.60 Å². The smallest absolute Gasteiger partial charge is 0.260 e. The third-order valence-electron chi connectivity index (χ3n) is 3.03. The number of fused-ring (bicyclic) bond motifs is 3. The highest BCUT2D eigenvalue weighted by Gasteiger charge is 2.23. The number of halogens is 1. The van der Waals surface area contributed by atoms with Crippen LogP contribution >= 0.6 is 0 Å². The fourth-order valence-electron chi connectivity index (χ4n) is 2.31. The largest absolute Gasteiger partial charge is 0.710 e. The maximum absolute atomic E-state index is 13.0. The molecular weight excluding hydrogens is 195 g/mol. The molecule has 1 aromatic carbocycles. The van der Waals surface area contributed by atoms with Gasteiger partial charge < -0.3 is 5.21 Å². The molecule has 0 N–H and O–H groups in total. The molecular formula is C11H11FN2O. The van der Waals surface area contributed by atoms with Crippen molar-refractivity contribution in [1.82, 2.24) is 4.57 Å². The minimum Gasteiger partial charge on any atom is -0.710 e. The van der Waals surface area contributed by atoms with Gasteiger partial charge in [-0.3, -0.25) is 0 Å². The summed E-state index contributed by atoms with van der Waals surface area (Å²) in [4.78, 5) is 0. The number of aryl methyl sites for hydroxylation is 1. The van der Waals surface area contributed by atoms with E-state index in [0.29, 0.717) is 5.52 Å². The number of hydrogen-bond acceptors (Lipinski definition) is 1. The van der Waals surface area contributed by atoms with Crippen molar-refractivity contribution in [2.45, 2.75) is 25.8 Å². The zero-order valence-corrected chi connectivity index (χ0v) is 8.24. The Labute approximate surface area is 86.3 Å². The van der Waals surface area contributed by atoms with Crippen LogP contribution in [0.15, 0.2) is 18.2 Å². The molecule has 78 valence electrons. The Morgan fingerprint density at radius 1 is 1.33 bits per heavy atom. The van der Waals surface area contributed by atoms with Crippen molar-refractivity contribution in [3.63, 3.8) is 0 Å². The van der Waals surface area contributed by atoms with Crippen molar-refractivity contribution in [1.29, 1.82) is 0 Å². The maximum Gasteiger partial charge on any atom is 0.260 e. The summed E-state index contributed by atoms with van der Waals surface area (Å²) in [6.07, 6.45) is 2.93. The van der Waals surface area contributed by atoms with Crippen molar-refractivity contribution in [3.8, 4) is 0 Å². The van der Waals surface area contributed by atoms with E-state index < -0.39 is 0 Å². The van der Waals surface area contributed by atoms with Gasteiger partial charge >= 0.3 is 0 Å². The first-order valence-electron chi connectivity index (χ1n) is 5.17. The summed E-state index contributed by atoms with van der Waals surface area (Å²) in [5, 5.41) is 11.9. The van der Waals surface area contributed by atoms with Crippen LogP contribution in [0.2, 0.25) is 0 Å². The van der Waals surface area contributed by atoms with E-state index in [1.165, 1.54) is 12.1 Å². The number of benzene rings is 1. The molecule has 0 amide bonds. The second kappa shape index (κ2) is 2.95. The molecule has 4 heteroatoms. The molecule has 0 bridgehead atoms. The van der Waals surface area contributed by atoms with Crippen LogP contribution in [0.25, 0.3) is 11.0 Å². The normalized spacial score (nSPS) is 15.5. The van der Waals surface area contributed by atoms with E-state index in [4.69, 9.17) is 0 Å². The fourth-order valence-corrected chi connectivity index (χ4v) is 2.31. The van der Waals surface area contributed by atoms with E-state index >= 15 is 0 Å². The minimum atomic E-state index is -0.352. The molecule has 0 radical (unpaired) electrons. The predicted molar refractivity (Wildman–Crippen MR) is 53.8 cm³/mol. The van der Waals surface area contributed by atoms with Crippen LogP contribution in [-0.2, 0) is 13.0 Å². The van der Waals surface area contributed by atoms with Crippen molar-refractivity contribution >= 4 is 11.0 Å². The lowest BCUT2D eigenvalue weighted by atomic mass is 10.2. The quantitative estimate of drug-likeness (QED) is 0.477. The lowest BCUT2D eigenvalue weighted by molar-refractivity contribution is -0.588. The second-order valence-corrected chi connectivity index (χ2v) is 3.95. The molecule has 0 spiro atoms. The van der Waals surface area contributed by atoms with Gasteiger partial charge in [0, 0.05) is 12.5 Å². The predicted octanol–water partition coefficient (Wildman–Crippen LogP) is 1.75. The highest BCUT2D eigenvalue weighted by atomic mass is 19.1. The van der Waals surface area contributed by atoms with Gasteiger partial charge in [-0.25, -0.2) is 13.7 Å². The van der Waals surface area contributed by atoms with Gasteiger partial charge in [-0.05, 0) is 25.0 Å². The third-order valence-corrected chi connectivity index (χ3v) is 3.03. The topological polar surface area (TPSA) is 31.9 Å². The Kier molecular flexibility index (Phi) is 1.71. The molecule has 1 aliphatic rings. The van der Waals surface area contributed by atoms with Crippen molar-refractivity contribution in [2.75, 3.05) is 0 Å². The van der Waals surface area contributed by atoms with Crippen molar-refractivity contribution in [2.24, 2.45) is 0 Å². The van der Waals surface area contributed by atoms with Gasteiger partial charge in [0.15, 0.2) is 11.0 Å². The van der Waals surface area contributed by atoms with Crippen LogP contribution in [0.5, 0.6) is 0 Å². The standard InChI is InChI=1S/C11H11FN2O/c12-8-4-5-9-10(7-8)14(15)11-3-1-2-6-13(9)11/h4-5,7H,1-3,6H2. The molecule has 2 aromatic rings. The Morgan fingerprint density at radius 2 is 2.20 bits per heavy atom. The molecule has 3 rings (SSSR count). The third kappa shape index (κ3) is 1.14. The summed E-state index contributed by atoms with van der Waals surface area (Å²) in [6.45, 7) is 0.868. The fraction of sp³-hybridized carbons (Fsp3) is 0.364. The lowest BCUT2D eigenvalue weighted by Gasteiger charge is -2.10. The first-order valence-corrected chi connectivity index (χ1v) is 5.17. The minimum absolute atomic E-state index is 0.352. The highest BCUT2D eigenvalue weighted by molar-refractivity contribution is 5.72. The second-order valence-electron chi connectivity index (χ2n) is 3.95. The SMILES string of the molecule is [O-][n+]1c2n(c3ccc(F)cc31)CCCC2. The Balaban J connectivity index is 2.38. The van der Waals surface area contributed by atoms with E-state index in [0.717, 1.165) is 41.9 Å². The average molecular weight is 206 g/mol. The van der Waals surface area contributed by atoms with Gasteiger partial charge in [0.05, 0.1) is 6.54 Å². The lowest BCUT2D eigenvalue weighted by Crippen LogP contribution is -2.32. The molecule has 3 nitrogen and oxygen atoms in total. The summed E-state index contributed by atoms with van der Waals surface area (Å²) in [7, 11) is 0. The molecule has 2 heterocycles. The summed E-state index contributed by atoms with van der Waals surface area (Å²) in [5.41, 5.74) is 1.30. The van der Waals surface area contributed by atoms with Crippen LogP contribution in [0, 0.1) is 11.0 Å². The Bertz CT molecular complexity index is 533. The van der Waals surface area contributed by atoms with Crippen LogP contribution in [0.3, 0.4) is 0 Å². The summed E-state index contributed by atoms with van der Waals surface area (Å²) in [5.74, 6) is 0.414. The number of hydrogen-bond donors (Lipinski definition) is 0. The molecule has 0 atom stereocenters. The molecule has 0 saturated carbocycles. The zero-order valence-electron chi connectivity index (χ0n) is 8.24. The van der Waals surface area contributed by atoms with E-state index in [-0.39, 0.29) is 5.82 Å². The van der Waals surface area contributed by atoms with Gasteiger partial charge in [-0.2, -0.15) is 0 Å². The zero-order chi connectivity index (χ0) is 10.4. The molecule has 0 aliphatic carbocycles.